The molecule has 3 rings (SSSR count). The van der Waals surface area contributed by atoms with Crippen LogP contribution in [0.5, 0.6) is 0 Å². The highest BCUT2D eigenvalue weighted by atomic mass is 16.6. The fraction of sp³-hybridized carbons (Fsp3) is 0.250. The van der Waals surface area contributed by atoms with Crippen LogP contribution >= 0.6 is 0 Å². The molecule has 0 fully saturated rings. The van der Waals surface area contributed by atoms with Crippen molar-refractivity contribution in [2.75, 3.05) is 11.9 Å². The van der Waals surface area contributed by atoms with Crippen molar-refractivity contribution in [3.05, 3.63) is 70.1 Å². The molecule has 9 heteroatoms. The van der Waals surface area contributed by atoms with Gasteiger partial charge in [0.1, 0.15) is 0 Å². The van der Waals surface area contributed by atoms with Gasteiger partial charge in [-0.05, 0) is 24.6 Å². The first-order chi connectivity index (χ1) is 14.0. The minimum atomic E-state index is -0.467. The molecule has 0 bridgehead atoms. The monoisotopic (exact) mass is 395 g/mol. The molecule has 0 saturated heterocycles. The third-order valence-electron chi connectivity index (χ3n) is 4.35. The Morgan fingerprint density at radius 3 is 2.76 bits per heavy atom. The van der Waals surface area contributed by atoms with Crippen LogP contribution in [-0.4, -0.2) is 32.4 Å². The van der Waals surface area contributed by atoms with Crippen LogP contribution in [0.4, 0.5) is 11.4 Å². The Hall–Kier alpha value is -3.75. The van der Waals surface area contributed by atoms with Crippen molar-refractivity contribution < 1.29 is 14.2 Å². The summed E-state index contributed by atoms with van der Waals surface area (Å²) in [5, 5.41) is 18.0. The van der Waals surface area contributed by atoms with Crippen molar-refractivity contribution in [3.8, 4) is 11.4 Å². The minimum absolute atomic E-state index is 0.0320. The zero-order valence-electron chi connectivity index (χ0n) is 16.2. The summed E-state index contributed by atoms with van der Waals surface area (Å²) in [5.74, 6) is 0.681. The molecule has 1 N–H and O–H groups in total. The second kappa shape index (κ2) is 8.96. The number of hydrogen-bond acceptors (Lipinski definition) is 7. The molecule has 3 aromatic rings. The number of benzene rings is 2. The molecule has 1 amide bonds. The largest absolute Gasteiger partial charge is 0.376 e. The highest BCUT2D eigenvalue weighted by Gasteiger charge is 2.13. The van der Waals surface area contributed by atoms with Gasteiger partial charge in [-0.1, -0.05) is 29.4 Å². The Balaban J connectivity index is 1.65. The van der Waals surface area contributed by atoms with E-state index in [4.69, 9.17) is 4.52 Å². The Morgan fingerprint density at radius 1 is 1.24 bits per heavy atom. The van der Waals surface area contributed by atoms with Gasteiger partial charge in [-0.25, -0.2) is 0 Å². The van der Waals surface area contributed by atoms with Gasteiger partial charge in [0.15, 0.2) is 0 Å². The molecule has 0 spiro atoms. The summed E-state index contributed by atoms with van der Waals surface area (Å²) < 4.78 is 5.24. The zero-order valence-corrected chi connectivity index (χ0v) is 16.2. The number of nitro groups is 1. The SMILES string of the molecule is CCN(Cc1cccc(NCc2nc(-c3cccc([N+](=O)[O-])c3)no2)c1)C(C)=O. The molecule has 1 heterocycles. The van der Waals surface area contributed by atoms with E-state index in [-0.39, 0.29) is 11.6 Å². The lowest BCUT2D eigenvalue weighted by Crippen LogP contribution is -2.27. The van der Waals surface area contributed by atoms with E-state index in [1.54, 1.807) is 24.0 Å². The number of nitrogens with zero attached hydrogens (tertiary/aromatic N) is 4. The van der Waals surface area contributed by atoms with Gasteiger partial charge < -0.3 is 14.7 Å². The number of hydrogen-bond donors (Lipinski definition) is 1. The molecule has 9 nitrogen and oxygen atoms in total. The van der Waals surface area contributed by atoms with E-state index >= 15 is 0 Å². The van der Waals surface area contributed by atoms with Crippen LogP contribution in [0, 0.1) is 10.1 Å². The van der Waals surface area contributed by atoms with Crippen molar-refractivity contribution in [2.45, 2.75) is 26.9 Å². The third-order valence-corrected chi connectivity index (χ3v) is 4.35. The van der Waals surface area contributed by atoms with Crippen LogP contribution in [-0.2, 0) is 17.9 Å². The molecule has 0 aliphatic heterocycles. The summed E-state index contributed by atoms with van der Waals surface area (Å²) in [7, 11) is 0. The maximum absolute atomic E-state index is 11.6. The first-order valence-electron chi connectivity index (χ1n) is 9.12. The lowest BCUT2D eigenvalue weighted by Gasteiger charge is -2.19. The summed E-state index contributed by atoms with van der Waals surface area (Å²) in [6.45, 7) is 4.99. The summed E-state index contributed by atoms with van der Waals surface area (Å²) in [4.78, 5) is 28.1. The molecule has 150 valence electrons. The number of carbonyl (C=O) groups is 1. The standard InChI is InChI=1S/C20H21N5O4/c1-3-24(14(2)26)13-15-6-4-8-17(10-15)21-12-19-22-20(23-29-19)16-7-5-9-18(11-16)25(27)28/h4-11,21H,3,12-13H2,1-2H3. The molecule has 0 aliphatic carbocycles. The van der Waals surface area contributed by atoms with Crippen LogP contribution < -0.4 is 5.32 Å². The van der Waals surface area contributed by atoms with E-state index in [9.17, 15) is 14.9 Å². The average Bonchev–Trinajstić information content (AvgIpc) is 3.20. The van der Waals surface area contributed by atoms with Crippen molar-refractivity contribution in [3.63, 3.8) is 0 Å². The fourth-order valence-corrected chi connectivity index (χ4v) is 2.83. The Bertz CT molecular complexity index is 1020. The normalized spacial score (nSPS) is 10.6. The van der Waals surface area contributed by atoms with Gasteiger partial charge in [-0.2, -0.15) is 4.98 Å². The van der Waals surface area contributed by atoms with Crippen molar-refractivity contribution in [1.29, 1.82) is 0 Å². The van der Waals surface area contributed by atoms with Gasteiger partial charge in [0.05, 0.1) is 11.5 Å². The number of non-ortho nitro benzene ring substituents is 1. The van der Waals surface area contributed by atoms with E-state index in [2.05, 4.69) is 15.5 Å². The minimum Gasteiger partial charge on any atom is -0.376 e. The molecule has 29 heavy (non-hydrogen) atoms. The Kier molecular flexibility index (Phi) is 6.18. The van der Waals surface area contributed by atoms with E-state index in [0.717, 1.165) is 11.3 Å². The predicted molar refractivity (Wildman–Crippen MR) is 107 cm³/mol. The molecular weight excluding hydrogens is 374 g/mol. The summed E-state index contributed by atoms with van der Waals surface area (Å²) >= 11 is 0. The molecule has 0 radical (unpaired) electrons. The molecule has 0 unspecified atom stereocenters. The molecule has 1 aromatic heterocycles. The molecule has 0 saturated carbocycles. The van der Waals surface area contributed by atoms with Gasteiger partial charge >= 0.3 is 0 Å². The van der Waals surface area contributed by atoms with Gasteiger partial charge in [0, 0.05) is 43.4 Å². The van der Waals surface area contributed by atoms with Crippen molar-refractivity contribution in [2.24, 2.45) is 0 Å². The first-order valence-corrected chi connectivity index (χ1v) is 9.12. The summed E-state index contributed by atoms with van der Waals surface area (Å²) in [6.07, 6.45) is 0. The van der Waals surface area contributed by atoms with Crippen LogP contribution in [0.3, 0.4) is 0 Å². The third kappa shape index (κ3) is 5.16. The number of anilines is 1. The van der Waals surface area contributed by atoms with Gasteiger partial charge in [-0.15, -0.1) is 0 Å². The number of nitrogens with one attached hydrogen (secondary N) is 1. The fourth-order valence-electron chi connectivity index (χ4n) is 2.83. The lowest BCUT2D eigenvalue weighted by atomic mass is 10.2. The number of carbonyl (C=O) groups excluding carboxylic acids is 1. The summed E-state index contributed by atoms with van der Waals surface area (Å²) in [6, 6.07) is 13.8. The van der Waals surface area contributed by atoms with E-state index in [0.29, 0.717) is 36.9 Å². The first kappa shape index (κ1) is 20.0. The quantitative estimate of drug-likeness (QED) is 0.457. The van der Waals surface area contributed by atoms with Gasteiger partial charge in [0.25, 0.3) is 5.69 Å². The van der Waals surface area contributed by atoms with E-state index in [1.165, 1.54) is 12.1 Å². The zero-order chi connectivity index (χ0) is 20.8. The van der Waals surface area contributed by atoms with Gasteiger partial charge in [-0.3, -0.25) is 14.9 Å². The van der Waals surface area contributed by atoms with Crippen LogP contribution in [0.2, 0.25) is 0 Å². The van der Waals surface area contributed by atoms with E-state index in [1.807, 2.05) is 31.2 Å². The second-order valence-electron chi connectivity index (χ2n) is 6.41. The maximum Gasteiger partial charge on any atom is 0.270 e. The predicted octanol–water partition coefficient (Wildman–Crippen LogP) is 3.63. The highest BCUT2D eigenvalue weighted by molar-refractivity contribution is 5.73. The van der Waals surface area contributed by atoms with Crippen LogP contribution in [0.15, 0.2) is 53.1 Å². The number of nitro benzene ring substituents is 1. The molecule has 0 aliphatic rings. The summed E-state index contributed by atoms with van der Waals surface area (Å²) in [5.41, 5.74) is 2.35. The average molecular weight is 395 g/mol. The second-order valence-corrected chi connectivity index (χ2v) is 6.41. The van der Waals surface area contributed by atoms with Crippen LogP contribution in [0.25, 0.3) is 11.4 Å². The smallest absolute Gasteiger partial charge is 0.270 e. The molecule has 2 aromatic carbocycles. The van der Waals surface area contributed by atoms with E-state index < -0.39 is 4.92 Å². The molecular formula is C20H21N5O4. The van der Waals surface area contributed by atoms with Gasteiger partial charge in [0.2, 0.25) is 17.6 Å². The number of aromatic nitrogens is 2. The Labute approximate surface area is 167 Å². The number of rotatable bonds is 8. The lowest BCUT2D eigenvalue weighted by molar-refractivity contribution is -0.384. The van der Waals surface area contributed by atoms with Crippen molar-refractivity contribution >= 4 is 17.3 Å². The molecule has 0 atom stereocenters. The highest BCUT2D eigenvalue weighted by Crippen LogP contribution is 2.21. The number of amides is 1. The topological polar surface area (TPSA) is 114 Å². The van der Waals surface area contributed by atoms with Crippen molar-refractivity contribution in [1.82, 2.24) is 15.0 Å². The Morgan fingerprint density at radius 2 is 2.03 bits per heavy atom. The van der Waals surface area contributed by atoms with Crippen LogP contribution in [0.1, 0.15) is 25.3 Å². The maximum atomic E-state index is 11.6.